The van der Waals surface area contributed by atoms with Crippen LogP contribution in [0.5, 0.6) is 0 Å². The minimum atomic E-state index is 0.129. The number of aromatic amines is 1. The molecule has 2 heteroatoms. The van der Waals surface area contributed by atoms with Crippen LogP contribution in [0.2, 0.25) is 0 Å². The molecule has 0 aliphatic carbocycles. The molecule has 0 saturated carbocycles. The third-order valence-corrected chi connectivity index (χ3v) is 2.38. The Hall–Kier alpha value is -1.83. The average Bonchev–Trinajstić information content (AvgIpc) is 2.74. The number of H-pyrrole nitrogens is 1. The molecule has 0 fully saturated rings. The third-order valence-electron chi connectivity index (χ3n) is 2.38. The van der Waals surface area contributed by atoms with E-state index in [0.717, 1.165) is 5.56 Å². The highest BCUT2D eigenvalue weighted by atomic mass is 16.1. The molecule has 1 aromatic heterocycles. The number of carbonyl (C=O) groups excluding carboxylic acids is 1. The maximum absolute atomic E-state index is 11.7. The summed E-state index contributed by atoms with van der Waals surface area (Å²) in [7, 11) is 0. The first kappa shape index (κ1) is 9.71. The van der Waals surface area contributed by atoms with Gasteiger partial charge in [0, 0.05) is 12.6 Å². The lowest BCUT2D eigenvalue weighted by atomic mass is 10.1. The van der Waals surface area contributed by atoms with E-state index in [1.54, 1.807) is 12.3 Å². The third kappa shape index (κ3) is 2.34. The van der Waals surface area contributed by atoms with Crippen molar-refractivity contribution in [2.75, 3.05) is 0 Å². The minimum Gasteiger partial charge on any atom is -0.359 e. The van der Waals surface area contributed by atoms with Gasteiger partial charge in [0.1, 0.15) is 0 Å². The first-order chi connectivity index (χ1) is 7.25. The molecule has 2 rings (SSSR count). The van der Waals surface area contributed by atoms with Crippen LogP contribution in [0.15, 0.2) is 42.6 Å². The summed E-state index contributed by atoms with van der Waals surface area (Å²) in [5.41, 5.74) is 2.95. The Balaban J connectivity index is 2.09. The molecule has 2 aromatic rings. The van der Waals surface area contributed by atoms with E-state index in [1.165, 1.54) is 5.56 Å². The SMILES string of the molecule is Cc1ccc(CC(=O)c2ccc[nH]2)cc1. The second-order valence-electron chi connectivity index (χ2n) is 3.67. The molecule has 1 heterocycles. The Bertz CT molecular complexity index is 440. The van der Waals surface area contributed by atoms with Crippen LogP contribution in [0.25, 0.3) is 0 Å². The predicted octanol–water partition coefficient (Wildman–Crippen LogP) is 2.75. The molecule has 0 aliphatic heterocycles. The van der Waals surface area contributed by atoms with Crippen LogP contribution < -0.4 is 0 Å². The van der Waals surface area contributed by atoms with Gasteiger partial charge >= 0.3 is 0 Å². The normalized spacial score (nSPS) is 10.2. The van der Waals surface area contributed by atoms with E-state index in [0.29, 0.717) is 12.1 Å². The summed E-state index contributed by atoms with van der Waals surface area (Å²) in [6.07, 6.45) is 2.23. The van der Waals surface area contributed by atoms with Gasteiger partial charge in [0.2, 0.25) is 0 Å². The van der Waals surface area contributed by atoms with E-state index in [4.69, 9.17) is 0 Å². The molecular weight excluding hydrogens is 186 g/mol. The molecule has 0 radical (unpaired) electrons. The number of nitrogens with one attached hydrogen (secondary N) is 1. The maximum atomic E-state index is 11.7. The molecule has 0 bridgehead atoms. The van der Waals surface area contributed by atoms with Crippen LogP contribution in [0.4, 0.5) is 0 Å². The fraction of sp³-hybridized carbons (Fsp3) is 0.154. The van der Waals surface area contributed by atoms with Crippen LogP contribution in [0, 0.1) is 6.92 Å². The number of aromatic nitrogens is 1. The van der Waals surface area contributed by atoms with Crippen molar-refractivity contribution in [3.63, 3.8) is 0 Å². The number of Topliss-reactive ketones (excluding diaryl/α,β-unsaturated/α-hetero) is 1. The average molecular weight is 199 g/mol. The van der Waals surface area contributed by atoms with Gasteiger partial charge in [0.25, 0.3) is 0 Å². The number of ketones is 1. The van der Waals surface area contributed by atoms with Crippen molar-refractivity contribution in [2.45, 2.75) is 13.3 Å². The fourth-order valence-electron chi connectivity index (χ4n) is 1.49. The van der Waals surface area contributed by atoms with Crippen LogP contribution in [-0.2, 0) is 6.42 Å². The maximum Gasteiger partial charge on any atom is 0.183 e. The lowest BCUT2D eigenvalue weighted by Gasteiger charge is -2.00. The summed E-state index contributed by atoms with van der Waals surface area (Å²) in [4.78, 5) is 14.6. The molecule has 76 valence electrons. The van der Waals surface area contributed by atoms with Gasteiger partial charge in [0.05, 0.1) is 5.69 Å². The quantitative estimate of drug-likeness (QED) is 0.757. The highest BCUT2D eigenvalue weighted by Gasteiger charge is 2.06. The van der Waals surface area contributed by atoms with E-state index in [-0.39, 0.29) is 5.78 Å². The zero-order valence-electron chi connectivity index (χ0n) is 8.66. The molecule has 0 spiro atoms. The smallest absolute Gasteiger partial charge is 0.183 e. The second kappa shape index (κ2) is 4.13. The molecule has 0 amide bonds. The molecule has 1 aromatic carbocycles. The van der Waals surface area contributed by atoms with Gasteiger partial charge in [-0.05, 0) is 24.6 Å². The van der Waals surface area contributed by atoms with Crippen LogP contribution in [0.3, 0.4) is 0 Å². The Labute approximate surface area is 89.0 Å². The van der Waals surface area contributed by atoms with Gasteiger partial charge in [-0.1, -0.05) is 29.8 Å². The van der Waals surface area contributed by atoms with Gasteiger partial charge in [-0.3, -0.25) is 4.79 Å². The monoisotopic (exact) mass is 199 g/mol. The summed E-state index contributed by atoms with van der Waals surface area (Å²) in [6, 6.07) is 11.7. The molecule has 0 unspecified atom stereocenters. The second-order valence-corrected chi connectivity index (χ2v) is 3.67. The molecule has 15 heavy (non-hydrogen) atoms. The summed E-state index contributed by atoms with van der Waals surface area (Å²) in [5.74, 6) is 0.129. The summed E-state index contributed by atoms with van der Waals surface area (Å²) < 4.78 is 0. The topological polar surface area (TPSA) is 32.9 Å². The molecule has 0 saturated heterocycles. The van der Waals surface area contributed by atoms with Crippen LogP contribution in [-0.4, -0.2) is 10.8 Å². The van der Waals surface area contributed by atoms with Gasteiger partial charge in [0.15, 0.2) is 5.78 Å². The minimum absolute atomic E-state index is 0.129. The van der Waals surface area contributed by atoms with Crippen LogP contribution in [0.1, 0.15) is 21.6 Å². The fourth-order valence-corrected chi connectivity index (χ4v) is 1.49. The Kier molecular flexibility index (Phi) is 2.68. The highest BCUT2D eigenvalue weighted by molar-refractivity contribution is 5.95. The van der Waals surface area contributed by atoms with Gasteiger partial charge in [-0.2, -0.15) is 0 Å². The molecule has 0 aliphatic rings. The Morgan fingerprint density at radius 1 is 1.20 bits per heavy atom. The standard InChI is InChI=1S/C13H13NO/c1-10-4-6-11(7-5-10)9-13(15)12-3-2-8-14-12/h2-8,14H,9H2,1H3. The van der Waals surface area contributed by atoms with Crippen LogP contribution >= 0.6 is 0 Å². The molecule has 2 nitrogen and oxygen atoms in total. The van der Waals surface area contributed by atoms with Crippen molar-refractivity contribution < 1.29 is 4.79 Å². The van der Waals surface area contributed by atoms with Gasteiger partial charge < -0.3 is 4.98 Å². The summed E-state index contributed by atoms with van der Waals surface area (Å²) in [5, 5.41) is 0. The summed E-state index contributed by atoms with van der Waals surface area (Å²) >= 11 is 0. The zero-order chi connectivity index (χ0) is 10.7. The molecular formula is C13H13NO. The first-order valence-corrected chi connectivity index (χ1v) is 4.98. The number of hydrogen-bond donors (Lipinski definition) is 1. The van der Waals surface area contributed by atoms with E-state index in [2.05, 4.69) is 4.98 Å². The van der Waals surface area contributed by atoms with Crippen molar-refractivity contribution in [1.29, 1.82) is 0 Å². The molecule has 0 atom stereocenters. The number of rotatable bonds is 3. The Morgan fingerprint density at radius 2 is 1.93 bits per heavy atom. The largest absolute Gasteiger partial charge is 0.359 e. The van der Waals surface area contributed by atoms with Gasteiger partial charge in [-0.25, -0.2) is 0 Å². The van der Waals surface area contributed by atoms with Crippen molar-refractivity contribution in [3.05, 3.63) is 59.4 Å². The van der Waals surface area contributed by atoms with Crippen molar-refractivity contribution >= 4 is 5.78 Å². The lowest BCUT2D eigenvalue weighted by Crippen LogP contribution is -2.03. The van der Waals surface area contributed by atoms with E-state index >= 15 is 0 Å². The van der Waals surface area contributed by atoms with Crippen molar-refractivity contribution in [3.8, 4) is 0 Å². The number of carbonyl (C=O) groups is 1. The Morgan fingerprint density at radius 3 is 2.53 bits per heavy atom. The van der Waals surface area contributed by atoms with E-state index < -0.39 is 0 Å². The molecule has 1 N–H and O–H groups in total. The highest BCUT2D eigenvalue weighted by Crippen LogP contribution is 2.07. The van der Waals surface area contributed by atoms with E-state index in [9.17, 15) is 4.79 Å². The van der Waals surface area contributed by atoms with E-state index in [1.807, 2.05) is 37.3 Å². The summed E-state index contributed by atoms with van der Waals surface area (Å²) in [6.45, 7) is 2.04. The zero-order valence-corrected chi connectivity index (χ0v) is 8.66. The van der Waals surface area contributed by atoms with Gasteiger partial charge in [-0.15, -0.1) is 0 Å². The predicted molar refractivity (Wildman–Crippen MR) is 60.0 cm³/mol. The number of aryl methyl sites for hydroxylation is 1. The lowest BCUT2D eigenvalue weighted by molar-refractivity contribution is 0.0989. The first-order valence-electron chi connectivity index (χ1n) is 4.98. The number of benzene rings is 1. The number of hydrogen-bond acceptors (Lipinski definition) is 1. The van der Waals surface area contributed by atoms with Crippen molar-refractivity contribution in [2.24, 2.45) is 0 Å². The van der Waals surface area contributed by atoms with Crippen molar-refractivity contribution in [1.82, 2.24) is 4.98 Å².